The first-order valence-electron chi connectivity index (χ1n) is 9.22. The molecule has 1 saturated heterocycles. The highest BCUT2D eigenvalue weighted by Gasteiger charge is 2.18. The number of anilines is 1. The predicted molar refractivity (Wildman–Crippen MR) is 105 cm³/mol. The van der Waals surface area contributed by atoms with Gasteiger partial charge in [-0.05, 0) is 29.8 Å². The van der Waals surface area contributed by atoms with Crippen LogP contribution in [0.2, 0.25) is 0 Å². The molecule has 27 heavy (non-hydrogen) atoms. The van der Waals surface area contributed by atoms with E-state index >= 15 is 0 Å². The Morgan fingerprint density at radius 3 is 2.59 bits per heavy atom. The molecule has 1 fully saturated rings. The van der Waals surface area contributed by atoms with Gasteiger partial charge in [0.2, 0.25) is 0 Å². The normalized spacial score (nSPS) is 14.9. The largest absolute Gasteiger partial charge is 0.487 e. The fourth-order valence-electron chi connectivity index (χ4n) is 3.22. The minimum absolute atomic E-state index is 0.487. The summed E-state index contributed by atoms with van der Waals surface area (Å²) in [6.45, 7) is 5.37. The van der Waals surface area contributed by atoms with E-state index in [-0.39, 0.29) is 0 Å². The third-order valence-corrected chi connectivity index (χ3v) is 4.66. The lowest BCUT2D eigenvalue weighted by Crippen LogP contribution is -2.46. The van der Waals surface area contributed by atoms with E-state index < -0.39 is 0 Å². The lowest BCUT2D eigenvalue weighted by molar-refractivity contribution is 0.248. The summed E-state index contributed by atoms with van der Waals surface area (Å²) in [5.41, 5.74) is 2.20. The van der Waals surface area contributed by atoms with E-state index in [0.29, 0.717) is 6.61 Å². The molecular formula is C21H23N5O. The van der Waals surface area contributed by atoms with E-state index in [2.05, 4.69) is 43.0 Å². The quantitative estimate of drug-likeness (QED) is 0.673. The smallest absolute Gasteiger partial charge is 0.147 e. The van der Waals surface area contributed by atoms with Crippen molar-refractivity contribution in [2.45, 2.75) is 13.2 Å². The highest BCUT2D eigenvalue weighted by Crippen LogP contribution is 2.18. The lowest BCUT2D eigenvalue weighted by Gasteiger charge is -2.35. The van der Waals surface area contributed by atoms with Crippen molar-refractivity contribution in [2.24, 2.45) is 0 Å². The Hall–Kier alpha value is -2.99. The zero-order chi connectivity index (χ0) is 18.3. The minimum Gasteiger partial charge on any atom is -0.487 e. The summed E-state index contributed by atoms with van der Waals surface area (Å²) < 4.78 is 5.89. The van der Waals surface area contributed by atoms with Crippen LogP contribution in [0, 0.1) is 0 Å². The van der Waals surface area contributed by atoms with Gasteiger partial charge in [0.1, 0.15) is 18.2 Å². The highest BCUT2D eigenvalue weighted by molar-refractivity contribution is 5.35. The van der Waals surface area contributed by atoms with Crippen LogP contribution in [0.15, 0.2) is 67.3 Å². The van der Waals surface area contributed by atoms with E-state index in [1.807, 2.05) is 30.5 Å². The first-order chi connectivity index (χ1) is 13.4. The van der Waals surface area contributed by atoms with Crippen LogP contribution in [-0.4, -0.2) is 46.0 Å². The van der Waals surface area contributed by atoms with E-state index in [0.717, 1.165) is 50.0 Å². The average molecular weight is 361 g/mol. The lowest BCUT2D eigenvalue weighted by atomic mass is 10.2. The Balaban J connectivity index is 1.30. The molecule has 1 aliphatic rings. The topological polar surface area (TPSA) is 54.4 Å². The van der Waals surface area contributed by atoms with Crippen LogP contribution in [0.5, 0.6) is 5.75 Å². The Labute approximate surface area is 159 Å². The van der Waals surface area contributed by atoms with Crippen molar-refractivity contribution in [2.75, 3.05) is 31.1 Å². The maximum atomic E-state index is 5.89. The molecule has 1 aliphatic heterocycles. The maximum Gasteiger partial charge on any atom is 0.147 e. The third-order valence-electron chi connectivity index (χ3n) is 4.66. The second kappa shape index (κ2) is 8.60. The van der Waals surface area contributed by atoms with Crippen molar-refractivity contribution >= 4 is 5.82 Å². The molecule has 0 spiro atoms. The van der Waals surface area contributed by atoms with Gasteiger partial charge in [-0.3, -0.25) is 14.9 Å². The molecule has 0 bridgehead atoms. The fourth-order valence-corrected chi connectivity index (χ4v) is 3.22. The fraction of sp³-hybridized carbons (Fsp3) is 0.286. The van der Waals surface area contributed by atoms with Gasteiger partial charge in [-0.1, -0.05) is 18.2 Å². The molecule has 6 heteroatoms. The second-order valence-electron chi connectivity index (χ2n) is 6.58. The molecule has 0 unspecified atom stereocenters. The van der Waals surface area contributed by atoms with E-state index in [1.54, 1.807) is 18.6 Å². The van der Waals surface area contributed by atoms with Crippen LogP contribution in [-0.2, 0) is 13.2 Å². The number of aromatic nitrogens is 3. The second-order valence-corrected chi connectivity index (χ2v) is 6.58. The van der Waals surface area contributed by atoms with Crippen LogP contribution >= 0.6 is 0 Å². The molecule has 0 amide bonds. The molecule has 0 radical (unpaired) electrons. The van der Waals surface area contributed by atoms with E-state index in [9.17, 15) is 0 Å². The number of hydrogen-bond donors (Lipinski definition) is 0. The van der Waals surface area contributed by atoms with Gasteiger partial charge >= 0.3 is 0 Å². The monoisotopic (exact) mass is 361 g/mol. The zero-order valence-corrected chi connectivity index (χ0v) is 15.2. The summed E-state index contributed by atoms with van der Waals surface area (Å²) in [7, 11) is 0. The third kappa shape index (κ3) is 4.80. The highest BCUT2D eigenvalue weighted by atomic mass is 16.5. The van der Waals surface area contributed by atoms with Crippen LogP contribution in [0.4, 0.5) is 5.82 Å². The molecule has 138 valence electrons. The predicted octanol–water partition coefficient (Wildman–Crippen LogP) is 2.77. The van der Waals surface area contributed by atoms with Gasteiger partial charge in [-0.15, -0.1) is 0 Å². The number of nitrogens with zero attached hydrogens (tertiary/aromatic N) is 5. The number of piperazine rings is 1. The van der Waals surface area contributed by atoms with Crippen LogP contribution in [0.25, 0.3) is 0 Å². The van der Waals surface area contributed by atoms with Crippen LogP contribution in [0.3, 0.4) is 0 Å². The summed E-state index contributed by atoms with van der Waals surface area (Å²) in [6.07, 6.45) is 7.08. The van der Waals surface area contributed by atoms with Gasteiger partial charge in [0.15, 0.2) is 0 Å². The van der Waals surface area contributed by atoms with Gasteiger partial charge in [0, 0.05) is 51.3 Å². The van der Waals surface area contributed by atoms with Gasteiger partial charge < -0.3 is 9.64 Å². The first kappa shape index (κ1) is 17.4. The SMILES string of the molecule is c1ccc(COc2cccc(CN3CCN(c4cnccn4)CC3)c2)nc1. The van der Waals surface area contributed by atoms with Gasteiger partial charge in [-0.2, -0.15) is 0 Å². The number of benzene rings is 1. The zero-order valence-electron chi connectivity index (χ0n) is 15.2. The van der Waals surface area contributed by atoms with Gasteiger partial charge in [-0.25, -0.2) is 4.98 Å². The van der Waals surface area contributed by atoms with Crippen molar-refractivity contribution < 1.29 is 4.74 Å². The summed E-state index contributed by atoms with van der Waals surface area (Å²) in [6, 6.07) is 14.2. The van der Waals surface area contributed by atoms with Crippen molar-refractivity contribution in [3.63, 3.8) is 0 Å². The number of pyridine rings is 1. The molecular weight excluding hydrogens is 338 g/mol. The Morgan fingerprint density at radius 1 is 0.889 bits per heavy atom. The molecule has 3 heterocycles. The standard InChI is InChI=1S/C21H23N5O/c1-2-7-23-19(5-1)17-27-20-6-3-4-18(14-20)16-25-10-12-26(13-11-25)21-15-22-8-9-24-21/h1-9,14-15H,10-13,16-17H2. The Kier molecular flexibility index (Phi) is 5.55. The Bertz CT molecular complexity index is 835. The molecule has 0 N–H and O–H groups in total. The van der Waals surface area contributed by atoms with E-state index in [1.165, 1.54) is 5.56 Å². The number of ether oxygens (including phenoxy) is 1. The first-order valence-corrected chi connectivity index (χ1v) is 9.22. The molecule has 4 rings (SSSR count). The minimum atomic E-state index is 0.487. The molecule has 0 aliphatic carbocycles. The van der Waals surface area contributed by atoms with Gasteiger partial charge in [0.05, 0.1) is 11.9 Å². The summed E-state index contributed by atoms with van der Waals surface area (Å²) in [4.78, 5) is 17.6. The van der Waals surface area contributed by atoms with E-state index in [4.69, 9.17) is 4.74 Å². The summed E-state index contributed by atoms with van der Waals surface area (Å²) in [5, 5.41) is 0. The molecule has 3 aromatic rings. The van der Waals surface area contributed by atoms with Crippen LogP contribution in [0.1, 0.15) is 11.3 Å². The number of rotatable bonds is 6. The molecule has 0 atom stereocenters. The maximum absolute atomic E-state index is 5.89. The van der Waals surface area contributed by atoms with Crippen LogP contribution < -0.4 is 9.64 Å². The summed E-state index contributed by atoms with van der Waals surface area (Å²) in [5.74, 6) is 1.85. The van der Waals surface area contributed by atoms with Crippen molar-refractivity contribution in [3.05, 3.63) is 78.5 Å². The molecule has 6 nitrogen and oxygen atoms in total. The average Bonchev–Trinajstić information content (AvgIpc) is 2.75. The van der Waals surface area contributed by atoms with Crippen molar-refractivity contribution in [1.29, 1.82) is 0 Å². The summed E-state index contributed by atoms with van der Waals surface area (Å²) >= 11 is 0. The molecule has 0 saturated carbocycles. The molecule has 2 aromatic heterocycles. The van der Waals surface area contributed by atoms with Gasteiger partial charge in [0.25, 0.3) is 0 Å². The van der Waals surface area contributed by atoms with Crippen molar-refractivity contribution in [1.82, 2.24) is 19.9 Å². The number of hydrogen-bond acceptors (Lipinski definition) is 6. The van der Waals surface area contributed by atoms with Crippen molar-refractivity contribution in [3.8, 4) is 5.75 Å². The Morgan fingerprint density at radius 2 is 1.81 bits per heavy atom. The molecule has 1 aromatic carbocycles.